The van der Waals surface area contributed by atoms with Crippen LogP contribution >= 0.6 is 0 Å². The third-order valence-corrected chi connectivity index (χ3v) is 5.01. The first-order valence-corrected chi connectivity index (χ1v) is 8.56. The fourth-order valence-corrected chi connectivity index (χ4v) is 3.66. The number of aromatic nitrogens is 1. The van der Waals surface area contributed by atoms with Crippen molar-refractivity contribution < 1.29 is 17.7 Å². The number of aryl methyl sites for hydroxylation is 1. The lowest BCUT2D eigenvalue weighted by Gasteiger charge is -2.34. The van der Waals surface area contributed by atoms with Crippen LogP contribution < -0.4 is 0 Å². The summed E-state index contributed by atoms with van der Waals surface area (Å²) in [5, 5.41) is 3.67. The number of carbonyl (C=O) groups is 1. The molecule has 1 aromatic rings. The Kier molecular flexibility index (Phi) is 4.67. The lowest BCUT2D eigenvalue weighted by Crippen LogP contribution is -2.53. The third-order valence-electron chi connectivity index (χ3n) is 3.26. The summed E-state index contributed by atoms with van der Waals surface area (Å²) in [7, 11) is -3.56. The number of amides is 1. The van der Waals surface area contributed by atoms with E-state index in [1.54, 1.807) is 17.9 Å². The Morgan fingerprint density at radius 3 is 2.62 bits per heavy atom. The van der Waals surface area contributed by atoms with Gasteiger partial charge < -0.3 is 9.42 Å². The summed E-state index contributed by atoms with van der Waals surface area (Å²) in [4.78, 5) is 13.7. The molecule has 0 unspecified atom stereocenters. The molecule has 0 aliphatic carbocycles. The van der Waals surface area contributed by atoms with E-state index in [4.69, 9.17) is 4.52 Å². The van der Waals surface area contributed by atoms with E-state index in [1.807, 2.05) is 13.8 Å². The van der Waals surface area contributed by atoms with E-state index in [9.17, 15) is 13.2 Å². The highest BCUT2D eigenvalue weighted by atomic mass is 32.2. The van der Waals surface area contributed by atoms with E-state index >= 15 is 0 Å². The predicted molar refractivity (Wildman–Crippen MR) is 76.9 cm³/mol. The molecule has 1 saturated heterocycles. The molecule has 118 valence electrons. The molecule has 7 nitrogen and oxygen atoms in total. The van der Waals surface area contributed by atoms with E-state index in [-0.39, 0.29) is 18.2 Å². The van der Waals surface area contributed by atoms with Crippen molar-refractivity contribution in [2.45, 2.75) is 26.5 Å². The Labute approximate surface area is 124 Å². The van der Waals surface area contributed by atoms with Gasteiger partial charge in [-0.25, -0.2) is 8.42 Å². The number of hydrogen-bond donors (Lipinski definition) is 0. The summed E-state index contributed by atoms with van der Waals surface area (Å²) in [6.45, 7) is 7.12. The maximum Gasteiger partial charge on any atom is 0.237 e. The standard InChI is InChI=1S/C13H21N3O4S/c1-10(2)7-15-4-5-16(8-13(15)17)21(18,19)9-12-6-11(3)14-20-12/h6,10H,4-5,7-9H2,1-3H3. The molecule has 1 aliphatic heterocycles. The smallest absolute Gasteiger partial charge is 0.237 e. The molecular formula is C13H21N3O4S. The summed E-state index contributed by atoms with van der Waals surface area (Å²) in [5.74, 6) is 0.261. The predicted octanol–water partition coefficient (Wildman–Crippen LogP) is 0.613. The quantitative estimate of drug-likeness (QED) is 0.795. The van der Waals surface area contributed by atoms with Gasteiger partial charge in [-0.1, -0.05) is 19.0 Å². The van der Waals surface area contributed by atoms with Gasteiger partial charge >= 0.3 is 0 Å². The zero-order chi connectivity index (χ0) is 15.6. The Hall–Kier alpha value is -1.41. The number of hydrogen-bond acceptors (Lipinski definition) is 5. The normalized spacial score (nSPS) is 17.7. The fraction of sp³-hybridized carbons (Fsp3) is 0.692. The Balaban J connectivity index is 2.01. The molecule has 2 heterocycles. The van der Waals surface area contributed by atoms with Crippen LogP contribution in [0, 0.1) is 12.8 Å². The van der Waals surface area contributed by atoms with E-state index < -0.39 is 10.0 Å². The molecule has 0 atom stereocenters. The van der Waals surface area contributed by atoms with Gasteiger partial charge in [-0.05, 0) is 12.8 Å². The minimum atomic E-state index is -3.56. The molecule has 8 heteroatoms. The third kappa shape index (κ3) is 4.04. The average Bonchev–Trinajstić information content (AvgIpc) is 2.76. The van der Waals surface area contributed by atoms with Crippen LogP contribution in [0.4, 0.5) is 0 Å². The van der Waals surface area contributed by atoms with Crippen LogP contribution in [0.3, 0.4) is 0 Å². The van der Waals surface area contributed by atoms with E-state index in [1.165, 1.54) is 4.31 Å². The number of nitrogens with zero attached hydrogens (tertiary/aromatic N) is 3. The van der Waals surface area contributed by atoms with Crippen molar-refractivity contribution >= 4 is 15.9 Å². The van der Waals surface area contributed by atoms with Gasteiger partial charge in [0.2, 0.25) is 15.9 Å². The van der Waals surface area contributed by atoms with Gasteiger partial charge in [0.15, 0.2) is 5.76 Å². The largest absolute Gasteiger partial charge is 0.360 e. The summed E-state index contributed by atoms with van der Waals surface area (Å²) in [6.07, 6.45) is 0. The highest BCUT2D eigenvalue weighted by molar-refractivity contribution is 7.88. The zero-order valence-corrected chi connectivity index (χ0v) is 13.4. The van der Waals surface area contributed by atoms with Crippen molar-refractivity contribution in [2.75, 3.05) is 26.2 Å². The monoisotopic (exact) mass is 315 g/mol. The SMILES string of the molecule is Cc1cc(CS(=O)(=O)N2CCN(CC(C)C)C(=O)C2)on1. The molecule has 0 radical (unpaired) electrons. The number of sulfonamides is 1. The molecule has 1 aliphatic rings. The van der Waals surface area contributed by atoms with Crippen molar-refractivity contribution in [2.24, 2.45) is 5.92 Å². The highest BCUT2D eigenvalue weighted by Gasteiger charge is 2.32. The van der Waals surface area contributed by atoms with Gasteiger partial charge in [-0.15, -0.1) is 0 Å². The summed E-state index contributed by atoms with van der Waals surface area (Å²) >= 11 is 0. The lowest BCUT2D eigenvalue weighted by atomic mass is 10.2. The Morgan fingerprint density at radius 1 is 1.38 bits per heavy atom. The van der Waals surface area contributed by atoms with Gasteiger partial charge in [-0.3, -0.25) is 4.79 Å². The topological polar surface area (TPSA) is 83.7 Å². The van der Waals surface area contributed by atoms with E-state index in [2.05, 4.69) is 5.16 Å². The van der Waals surface area contributed by atoms with Crippen LogP contribution in [-0.2, 0) is 20.6 Å². The molecule has 1 amide bonds. The molecular weight excluding hydrogens is 294 g/mol. The number of carbonyl (C=O) groups excluding carboxylic acids is 1. The van der Waals surface area contributed by atoms with Crippen LogP contribution in [-0.4, -0.2) is 54.9 Å². The van der Waals surface area contributed by atoms with Gasteiger partial charge in [-0.2, -0.15) is 4.31 Å². The van der Waals surface area contributed by atoms with Crippen molar-refractivity contribution in [3.8, 4) is 0 Å². The average molecular weight is 315 g/mol. The maximum absolute atomic E-state index is 12.3. The first kappa shape index (κ1) is 16.0. The molecule has 1 fully saturated rings. The minimum Gasteiger partial charge on any atom is -0.360 e. The van der Waals surface area contributed by atoms with Crippen molar-refractivity contribution in [3.63, 3.8) is 0 Å². The minimum absolute atomic E-state index is 0.0951. The number of piperazine rings is 1. The molecule has 0 saturated carbocycles. The summed E-state index contributed by atoms with van der Waals surface area (Å²) in [5.41, 5.74) is 0.637. The zero-order valence-electron chi connectivity index (χ0n) is 12.6. The van der Waals surface area contributed by atoms with Gasteiger partial charge in [0.25, 0.3) is 0 Å². The molecule has 0 aromatic carbocycles. The van der Waals surface area contributed by atoms with Crippen LogP contribution in [0.5, 0.6) is 0 Å². The van der Waals surface area contributed by atoms with Crippen LogP contribution in [0.15, 0.2) is 10.6 Å². The molecule has 0 bridgehead atoms. The van der Waals surface area contributed by atoms with Crippen LogP contribution in [0.1, 0.15) is 25.3 Å². The second-order valence-electron chi connectivity index (χ2n) is 5.76. The van der Waals surface area contributed by atoms with Crippen LogP contribution in [0.2, 0.25) is 0 Å². The molecule has 2 rings (SSSR count). The first-order chi connectivity index (χ1) is 9.78. The highest BCUT2D eigenvalue weighted by Crippen LogP contribution is 2.15. The summed E-state index contributed by atoms with van der Waals surface area (Å²) in [6, 6.07) is 1.59. The van der Waals surface area contributed by atoms with Gasteiger partial charge in [0.1, 0.15) is 5.75 Å². The van der Waals surface area contributed by atoms with Gasteiger partial charge in [0, 0.05) is 25.7 Å². The van der Waals surface area contributed by atoms with Gasteiger partial charge in [0.05, 0.1) is 12.2 Å². The van der Waals surface area contributed by atoms with E-state index in [0.717, 1.165) is 0 Å². The van der Waals surface area contributed by atoms with E-state index in [0.29, 0.717) is 37.0 Å². The number of rotatable bonds is 5. The second-order valence-corrected chi connectivity index (χ2v) is 7.73. The Morgan fingerprint density at radius 2 is 2.10 bits per heavy atom. The molecule has 1 aromatic heterocycles. The van der Waals surface area contributed by atoms with Crippen LogP contribution in [0.25, 0.3) is 0 Å². The fourth-order valence-electron chi connectivity index (χ4n) is 2.31. The molecule has 0 spiro atoms. The summed E-state index contributed by atoms with van der Waals surface area (Å²) < 4.78 is 30.8. The maximum atomic E-state index is 12.3. The molecule has 21 heavy (non-hydrogen) atoms. The molecule has 0 N–H and O–H groups in total. The second kappa shape index (κ2) is 6.15. The lowest BCUT2D eigenvalue weighted by molar-refractivity contribution is -0.134. The Bertz CT molecular complexity index is 609. The first-order valence-electron chi connectivity index (χ1n) is 6.95. The van der Waals surface area contributed by atoms with Crippen molar-refractivity contribution in [1.29, 1.82) is 0 Å². The van der Waals surface area contributed by atoms with Crippen molar-refractivity contribution in [1.82, 2.24) is 14.4 Å². The van der Waals surface area contributed by atoms with Crippen molar-refractivity contribution in [3.05, 3.63) is 17.5 Å².